The van der Waals surface area contributed by atoms with Gasteiger partial charge in [-0.25, -0.2) is 4.98 Å². The molecule has 1 heterocycles. The van der Waals surface area contributed by atoms with Crippen LogP contribution >= 0.6 is 22.6 Å². The molecule has 0 fully saturated rings. The number of hydrogen-bond donors (Lipinski definition) is 0. The van der Waals surface area contributed by atoms with Crippen LogP contribution in [0, 0.1) is 3.57 Å². The van der Waals surface area contributed by atoms with Crippen LogP contribution < -0.4 is 9.64 Å². The summed E-state index contributed by atoms with van der Waals surface area (Å²) in [5.74, 6) is -0.346. The van der Waals surface area contributed by atoms with Crippen LogP contribution in [0.3, 0.4) is 0 Å². The summed E-state index contributed by atoms with van der Waals surface area (Å²) in [7, 11) is 1.69. The van der Waals surface area contributed by atoms with Gasteiger partial charge in [0, 0.05) is 22.5 Å². The molecular formula is C16H17F3IN3O. The summed E-state index contributed by atoms with van der Waals surface area (Å²) in [4.78, 5) is 9.44. The van der Waals surface area contributed by atoms with Gasteiger partial charge in [-0.2, -0.15) is 18.2 Å². The molecule has 1 aromatic carbocycles. The number of ether oxygens (including phenoxy) is 1. The zero-order valence-corrected chi connectivity index (χ0v) is 15.8. The predicted molar refractivity (Wildman–Crippen MR) is 94.6 cm³/mol. The number of aromatic nitrogens is 2. The molecule has 4 nitrogen and oxygen atoms in total. The molecule has 0 amide bonds. The highest BCUT2D eigenvalue weighted by atomic mass is 127. The molecule has 0 radical (unpaired) electrons. The first-order chi connectivity index (χ1) is 11.0. The van der Waals surface area contributed by atoms with Gasteiger partial charge in [0.05, 0.1) is 0 Å². The van der Waals surface area contributed by atoms with Gasteiger partial charge < -0.3 is 9.64 Å². The molecule has 8 heteroatoms. The van der Waals surface area contributed by atoms with Crippen molar-refractivity contribution in [3.05, 3.63) is 39.6 Å². The normalized spacial score (nSPS) is 12.2. The average Bonchev–Trinajstić information content (AvgIpc) is 2.44. The molecule has 0 aliphatic rings. The molecule has 2 rings (SSSR count). The summed E-state index contributed by atoms with van der Waals surface area (Å²) in [6, 6.07) is 7.46. The van der Waals surface area contributed by atoms with Crippen molar-refractivity contribution in [3.8, 4) is 5.88 Å². The second-order valence-corrected chi connectivity index (χ2v) is 7.38. The topological polar surface area (TPSA) is 38.2 Å². The molecule has 0 spiro atoms. The number of hydrogen-bond acceptors (Lipinski definition) is 4. The van der Waals surface area contributed by atoms with E-state index >= 15 is 0 Å². The third kappa shape index (κ3) is 4.71. The molecule has 1 aromatic heterocycles. The van der Waals surface area contributed by atoms with E-state index in [1.54, 1.807) is 32.7 Å². The molecule has 0 saturated heterocycles. The Hall–Kier alpha value is -1.58. The summed E-state index contributed by atoms with van der Waals surface area (Å²) in [6.45, 7) is 4.99. The maximum atomic E-state index is 13.1. The zero-order valence-electron chi connectivity index (χ0n) is 13.6. The summed E-state index contributed by atoms with van der Waals surface area (Å²) >= 11 is 2.17. The van der Waals surface area contributed by atoms with E-state index in [-0.39, 0.29) is 5.95 Å². The molecule has 0 aliphatic heterocycles. The quantitative estimate of drug-likeness (QED) is 0.613. The van der Waals surface area contributed by atoms with Gasteiger partial charge in [-0.05, 0) is 67.6 Å². The van der Waals surface area contributed by atoms with E-state index in [1.807, 2.05) is 24.3 Å². The Labute approximate surface area is 152 Å². The van der Waals surface area contributed by atoms with E-state index in [4.69, 9.17) is 4.74 Å². The lowest BCUT2D eigenvalue weighted by Gasteiger charge is -2.24. The lowest BCUT2D eigenvalue weighted by molar-refractivity contribution is -0.140. The highest BCUT2D eigenvalue weighted by Crippen LogP contribution is 2.37. The second-order valence-electron chi connectivity index (χ2n) is 6.14. The van der Waals surface area contributed by atoms with Gasteiger partial charge in [-0.1, -0.05) is 0 Å². The predicted octanol–water partition coefficient (Wildman–Crippen LogP) is 5.05. The first kappa shape index (κ1) is 18.8. The fourth-order valence-electron chi connectivity index (χ4n) is 1.86. The molecule has 0 unspecified atom stereocenters. The van der Waals surface area contributed by atoms with Gasteiger partial charge in [0.1, 0.15) is 11.2 Å². The van der Waals surface area contributed by atoms with Crippen molar-refractivity contribution < 1.29 is 17.9 Å². The molecule has 0 N–H and O–H groups in total. The number of rotatable bonds is 3. The maximum absolute atomic E-state index is 13.1. The van der Waals surface area contributed by atoms with Crippen LogP contribution in [0.1, 0.15) is 26.3 Å². The van der Waals surface area contributed by atoms with Crippen LogP contribution in [0.2, 0.25) is 0 Å². The van der Waals surface area contributed by atoms with E-state index in [9.17, 15) is 13.2 Å². The summed E-state index contributed by atoms with van der Waals surface area (Å²) in [5.41, 5.74) is -1.04. The van der Waals surface area contributed by atoms with E-state index in [0.29, 0.717) is 0 Å². The van der Waals surface area contributed by atoms with Crippen LogP contribution in [-0.2, 0) is 6.18 Å². The van der Waals surface area contributed by atoms with Crippen molar-refractivity contribution in [1.29, 1.82) is 0 Å². The molecule has 2 aromatic rings. The molecule has 0 bridgehead atoms. The minimum Gasteiger partial charge on any atom is -0.471 e. The fraction of sp³-hybridized carbons (Fsp3) is 0.375. The molecule has 130 valence electrons. The van der Waals surface area contributed by atoms with E-state index in [2.05, 4.69) is 32.6 Å². The molecule has 0 atom stereocenters. The zero-order chi connectivity index (χ0) is 18.1. The summed E-state index contributed by atoms with van der Waals surface area (Å²) in [5, 5.41) is 0. The van der Waals surface area contributed by atoms with Gasteiger partial charge in [-0.15, -0.1) is 0 Å². The van der Waals surface area contributed by atoms with E-state index in [1.165, 1.54) is 0 Å². The summed E-state index contributed by atoms with van der Waals surface area (Å²) in [6.07, 6.45) is -3.83. The lowest BCUT2D eigenvalue weighted by Crippen LogP contribution is -2.26. The minimum atomic E-state index is -4.58. The van der Waals surface area contributed by atoms with Gasteiger partial charge in [0.15, 0.2) is 0 Å². The number of benzene rings is 1. The largest absolute Gasteiger partial charge is 0.471 e. The maximum Gasteiger partial charge on any atom is 0.423 e. The minimum absolute atomic E-state index is 0.128. The average molecular weight is 451 g/mol. The summed E-state index contributed by atoms with van der Waals surface area (Å²) < 4.78 is 45.9. The molecular weight excluding hydrogens is 434 g/mol. The van der Waals surface area contributed by atoms with Crippen molar-refractivity contribution in [3.63, 3.8) is 0 Å². The first-order valence-corrected chi connectivity index (χ1v) is 8.18. The monoisotopic (exact) mass is 451 g/mol. The van der Waals surface area contributed by atoms with Crippen molar-refractivity contribution in [2.45, 2.75) is 32.5 Å². The van der Waals surface area contributed by atoms with Crippen LogP contribution in [0.4, 0.5) is 24.8 Å². The third-order valence-electron chi connectivity index (χ3n) is 2.96. The smallest absolute Gasteiger partial charge is 0.423 e. The highest BCUT2D eigenvalue weighted by molar-refractivity contribution is 14.1. The molecule has 24 heavy (non-hydrogen) atoms. The standard InChI is InChI=1S/C16H17F3IN3O/c1-15(2,3)24-13-12(16(17,18)19)9-21-14(22-13)23(4)11-7-5-10(20)6-8-11/h5-9H,1-4H3. The van der Waals surface area contributed by atoms with Gasteiger partial charge in [0.25, 0.3) is 0 Å². The highest BCUT2D eigenvalue weighted by Gasteiger charge is 2.37. The Balaban J connectivity index is 2.45. The number of halogens is 4. The van der Waals surface area contributed by atoms with Gasteiger partial charge >= 0.3 is 6.18 Å². The van der Waals surface area contributed by atoms with Crippen LogP contribution in [0.25, 0.3) is 0 Å². The van der Waals surface area contributed by atoms with Crippen molar-refractivity contribution in [2.75, 3.05) is 11.9 Å². The second kappa shape index (κ2) is 6.73. The third-order valence-corrected chi connectivity index (χ3v) is 3.68. The molecule has 0 saturated carbocycles. The van der Waals surface area contributed by atoms with Crippen molar-refractivity contribution in [2.24, 2.45) is 0 Å². The Morgan fingerprint density at radius 3 is 2.17 bits per heavy atom. The van der Waals surface area contributed by atoms with Crippen molar-refractivity contribution >= 4 is 34.2 Å². The van der Waals surface area contributed by atoms with Gasteiger partial charge in [0.2, 0.25) is 11.8 Å². The Kier molecular flexibility index (Phi) is 5.26. The molecule has 0 aliphatic carbocycles. The first-order valence-electron chi connectivity index (χ1n) is 7.10. The Morgan fingerprint density at radius 2 is 1.67 bits per heavy atom. The van der Waals surface area contributed by atoms with Crippen molar-refractivity contribution in [1.82, 2.24) is 9.97 Å². The number of nitrogens with zero attached hydrogens (tertiary/aromatic N) is 3. The van der Waals surface area contributed by atoms with Crippen LogP contribution in [0.15, 0.2) is 30.5 Å². The lowest BCUT2D eigenvalue weighted by atomic mass is 10.2. The number of anilines is 2. The van der Waals surface area contributed by atoms with E-state index in [0.717, 1.165) is 15.5 Å². The van der Waals surface area contributed by atoms with Crippen LogP contribution in [0.5, 0.6) is 5.88 Å². The Morgan fingerprint density at radius 1 is 1.08 bits per heavy atom. The fourth-order valence-corrected chi connectivity index (χ4v) is 2.22. The van der Waals surface area contributed by atoms with Crippen LogP contribution in [-0.4, -0.2) is 22.6 Å². The van der Waals surface area contributed by atoms with E-state index < -0.39 is 23.2 Å². The SMILES string of the molecule is CN(c1ccc(I)cc1)c1ncc(C(F)(F)F)c(OC(C)(C)C)n1. The Bertz CT molecular complexity index is 712. The van der Waals surface area contributed by atoms with Gasteiger partial charge in [-0.3, -0.25) is 0 Å². The number of alkyl halides is 3.